The van der Waals surface area contributed by atoms with Crippen molar-refractivity contribution in [2.24, 2.45) is 0 Å². The highest BCUT2D eigenvalue weighted by Gasteiger charge is 2.19. The molecule has 4 heteroatoms. The zero-order chi connectivity index (χ0) is 16.1. The lowest BCUT2D eigenvalue weighted by molar-refractivity contribution is 0.0793. The Bertz CT molecular complexity index is 726. The molecule has 23 heavy (non-hydrogen) atoms. The van der Waals surface area contributed by atoms with Gasteiger partial charge in [0.1, 0.15) is 12.4 Å². The molecular weight excluding hydrogens is 288 g/mol. The summed E-state index contributed by atoms with van der Waals surface area (Å²) in [7, 11) is 0. The minimum absolute atomic E-state index is 0.108. The average molecular weight is 306 g/mol. The van der Waals surface area contributed by atoms with E-state index in [1.54, 1.807) is 18.2 Å². The zero-order valence-electron chi connectivity index (χ0n) is 12.9. The number of hydrogen-bond acceptors (Lipinski definition) is 3. The van der Waals surface area contributed by atoms with Crippen LogP contribution in [-0.2, 0) is 6.61 Å². The van der Waals surface area contributed by atoms with Gasteiger partial charge in [-0.3, -0.25) is 4.79 Å². The van der Waals surface area contributed by atoms with E-state index in [9.17, 15) is 4.79 Å². The second-order valence-electron chi connectivity index (χ2n) is 5.62. The number of likely N-dealkylation sites (tertiary alicyclic amines) is 1. The lowest BCUT2D eigenvalue weighted by Crippen LogP contribution is -2.27. The van der Waals surface area contributed by atoms with Crippen LogP contribution in [0.1, 0.15) is 34.3 Å². The highest BCUT2D eigenvalue weighted by atomic mass is 16.5. The molecule has 1 aliphatic heterocycles. The normalized spacial score (nSPS) is 13.6. The summed E-state index contributed by atoms with van der Waals surface area (Å²) in [4.78, 5) is 14.2. The predicted molar refractivity (Wildman–Crippen MR) is 87.1 cm³/mol. The smallest absolute Gasteiger partial charge is 0.253 e. The minimum Gasteiger partial charge on any atom is -0.489 e. The molecule has 1 fully saturated rings. The molecule has 0 aromatic heterocycles. The molecule has 116 valence electrons. The van der Waals surface area contributed by atoms with Crippen LogP contribution in [0.25, 0.3) is 0 Å². The third kappa shape index (κ3) is 3.70. The SMILES string of the molecule is N#Cc1cccc(OCc2ccc(C(=O)N3CCCC3)cc2)c1. The van der Waals surface area contributed by atoms with Gasteiger partial charge in [-0.05, 0) is 48.7 Å². The Kier molecular flexibility index (Phi) is 4.58. The monoisotopic (exact) mass is 306 g/mol. The van der Waals surface area contributed by atoms with Gasteiger partial charge in [0.25, 0.3) is 5.91 Å². The summed E-state index contributed by atoms with van der Waals surface area (Å²) in [6.45, 7) is 2.13. The maximum atomic E-state index is 12.3. The van der Waals surface area contributed by atoms with E-state index in [0.717, 1.165) is 37.1 Å². The highest BCUT2D eigenvalue weighted by Crippen LogP contribution is 2.16. The average Bonchev–Trinajstić information content (AvgIpc) is 3.14. The topological polar surface area (TPSA) is 53.3 Å². The van der Waals surface area contributed by atoms with Crippen molar-refractivity contribution in [3.63, 3.8) is 0 Å². The minimum atomic E-state index is 0.108. The number of nitrogens with zero attached hydrogens (tertiary/aromatic N) is 2. The third-order valence-electron chi connectivity index (χ3n) is 3.96. The van der Waals surface area contributed by atoms with Crippen molar-refractivity contribution in [3.05, 3.63) is 65.2 Å². The first-order valence-electron chi connectivity index (χ1n) is 7.77. The maximum Gasteiger partial charge on any atom is 0.253 e. The Labute approximate surface area is 135 Å². The van der Waals surface area contributed by atoms with Gasteiger partial charge in [-0.2, -0.15) is 5.26 Å². The van der Waals surface area contributed by atoms with Gasteiger partial charge in [0, 0.05) is 18.7 Å². The second-order valence-corrected chi connectivity index (χ2v) is 5.62. The first-order chi connectivity index (χ1) is 11.3. The number of benzene rings is 2. The molecule has 0 bridgehead atoms. The Morgan fingerprint density at radius 3 is 2.57 bits per heavy atom. The van der Waals surface area contributed by atoms with E-state index in [4.69, 9.17) is 10.00 Å². The fraction of sp³-hybridized carbons (Fsp3) is 0.263. The van der Waals surface area contributed by atoms with Crippen molar-refractivity contribution in [2.45, 2.75) is 19.4 Å². The molecule has 0 spiro atoms. The molecule has 1 amide bonds. The van der Waals surface area contributed by atoms with Gasteiger partial charge < -0.3 is 9.64 Å². The van der Waals surface area contributed by atoms with Crippen LogP contribution < -0.4 is 4.74 Å². The summed E-state index contributed by atoms with van der Waals surface area (Å²) < 4.78 is 5.69. The quantitative estimate of drug-likeness (QED) is 0.870. The molecular formula is C19H18N2O2. The molecule has 1 aliphatic rings. The van der Waals surface area contributed by atoms with Gasteiger partial charge in [-0.1, -0.05) is 18.2 Å². The van der Waals surface area contributed by atoms with Crippen LogP contribution >= 0.6 is 0 Å². The van der Waals surface area contributed by atoms with E-state index in [1.165, 1.54) is 0 Å². The van der Waals surface area contributed by atoms with Crippen LogP contribution in [0, 0.1) is 11.3 Å². The number of hydrogen-bond donors (Lipinski definition) is 0. The lowest BCUT2D eigenvalue weighted by atomic mass is 10.1. The Morgan fingerprint density at radius 1 is 1.13 bits per heavy atom. The molecule has 4 nitrogen and oxygen atoms in total. The summed E-state index contributed by atoms with van der Waals surface area (Å²) in [6, 6.07) is 16.7. The molecule has 1 saturated heterocycles. The van der Waals surface area contributed by atoms with Crippen LogP contribution in [0.4, 0.5) is 0 Å². The molecule has 0 N–H and O–H groups in total. The van der Waals surface area contributed by atoms with Gasteiger partial charge in [0.05, 0.1) is 11.6 Å². The standard InChI is InChI=1S/C19H18N2O2/c20-13-16-4-3-5-18(12-16)23-14-15-6-8-17(9-7-15)19(22)21-10-1-2-11-21/h3-9,12H,1-2,10-11,14H2. The molecule has 1 heterocycles. The number of carbonyl (C=O) groups excluding carboxylic acids is 1. The van der Waals surface area contributed by atoms with E-state index >= 15 is 0 Å². The summed E-state index contributed by atoms with van der Waals surface area (Å²) in [5, 5.41) is 8.88. The predicted octanol–water partition coefficient (Wildman–Crippen LogP) is 3.37. The Morgan fingerprint density at radius 2 is 1.87 bits per heavy atom. The molecule has 2 aromatic carbocycles. The second kappa shape index (κ2) is 6.97. The van der Waals surface area contributed by atoms with Crippen molar-refractivity contribution in [1.29, 1.82) is 5.26 Å². The van der Waals surface area contributed by atoms with Gasteiger partial charge in [0.15, 0.2) is 0 Å². The largest absolute Gasteiger partial charge is 0.489 e. The number of rotatable bonds is 4. The van der Waals surface area contributed by atoms with Crippen LogP contribution in [-0.4, -0.2) is 23.9 Å². The zero-order valence-corrected chi connectivity index (χ0v) is 12.9. The van der Waals surface area contributed by atoms with E-state index in [-0.39, 0.29) is 5.91 Å². The Hall–Kier alpha value is -2.80. The first-order valence-corrected chi connectivity index (χ1v) is 7.77. The summed E-state index contributed by atoms with van der Waals surface area (Å²) in [5.74, 6) is 0.776. The number of nitriles is 1. The summed E-state index contributed by atoms with van der Waals surface area (Å²) in [6.07, 6.45) is 2.19. The summed E-state index contributed by atoms with van der Waals surface area (Å²) in [5.41, 5.74) is 2.29. The lowest BCUT2D eigenvalue weighted by Gasteiger charge is -2.15. The van der Waals surface area contributed by atoms with Gasteiger partial charge >= 0.3 is 0 Å². The molecule has 0 radical (unpaired) electrons. The van der Waals surface area contributed by atoms with E-state index in [0.29, 0.717) is 17.9 Å². The third-order valence-corrected chi connectivity index (χ3v) is 3.96. The fourth-order valence-electron chi connectivity index (χ4n) is 2.67. The van der Waals surface area contributed by atoms with Gasteiger partial charge in [-0.25, -0.2) is 0 Å². The number of carbonyl (C=O) groups is 1. The highest BCUT2D eigenvalue weighted by molar-refractivity contribution is 5.94. The van der Waals surface area contributed by atoms with E-state index in [2.05, 4.69) is 6.07 Å². The van der Waals surface area contributed by atoms with Crippen LogP contribution in [0.15, 0.2) is 48.5 Å². The van der Waals surface area contributed by atoms with Crippen molar-refractivity contribution in [2.75, 3.05) is 13.1 Å². The molecule has 0 aliphatic carbocycles. The van der Waals surface area contributed by atoms with Gasteiger partial charge in [-0.15, -0.1) is 0 Å². The molecule has 0 atom stereocenters. The van der Waals surface area contributed by atoms with Gasteiger partial charge in [0.2, 0.25) is 0 Å². The molecule has 0 saturated carbocycles. The van der Waals surface area contributed by atoms with Crippen molar-refractivity contribution in [1.82, 2.24) is 4.90 Å². The van der Waals surface area contributed by atoms with Crippen molar-refractivity contribution < 1.29 is 9.53 Å². The molecule has 2 aromatic rings. The fourth-order valence-corrected chi connectivity index (χ4v) is 2.67. The summed E-state index contributed by atoms with van der Waals surface area (Å²) >= 11 is 0. The molecule has 3 rings (SSSR count). The molecule has 0 unspecified atom stereocenters. The Balaban J connectivity index is 1.61. The van der Waals surface area contributed by atoms with Crippen LogP contribution in [0.5, 0.6) is 5.75 Å². The number of amides is 1. The van der Waals surface area contributed by atoms with E-state index < -0.39 is 0 Å². The van der Waals surface area contributed by atoms with Crippen LogP contribution in [0.2, 0.25) is 0 Å². The van der Waals surface area contributed by atoms with Crippen molar-refractivity contribution >= 4 is 5.91 Å². The van der Waals surface area contributed by atoms with Crippen molar-refractivity contribution in [3.8, 4) is 11.8 Å². The maximum absolute atomic E-state index is 12.3. The van der Waals surface area contributed by atoms with Crippen LogP contribution in [0.3, 0.4) is 0 Å². The number of ether oxygens (including phenoxy) is 1. The first kappa shape index (κ1) is 15.1. The van der Waals surface area contributed by atoms with E-state index in [1.807, 2.05) is 35.2 Å².